The molecule has 2 aromatic carbocycles. The van der Waals surface area contributed by atoms with E-state index in [-0.39, 0.29) is 6.42 Å². The van der Waals surface area contributed by atoms with Gasteiger partial charge in [0.15, 0.2) is 0 Å². The monoisotopic (exact) mass is 449 g/mol. The van der Waals surface area contributed by atoms with Crippen molar-refractivity contribution >= 4 is 28.1 Å². The van der Waals surface area contributed by atoms with E-state index in [1.807, 2.05) is 0 Å². The highest BCUT2D eigenvalue weighted by atomic mass is 32.1. The Labute approximate surface area is 192 Å². The number of ether oxygens (including phenoxy) is 1. The van der Waals surface area contributed by atoms with Gasteiger partial charge in [0.1, 0.15) is 5.01 Å². The molecule has 1 aliphatic carbocycles. The van der Waals surface area contributed by atoms with Gasteiger partial charge in [-0.05, 0) is 48.1 Å². The van der Waals surface area contributed by atoms with Gasteiger partial charge < -0.3 is 15.2 Å². The maximum absolute atomic E-state index is 10.8. The van der Waals surface area contributed by atoms with Crippen LogP contribution in [0, 0.1) is 0 Å². The van der Waals surface area contributed by atoms with E-state index in [9.17, 15) is 4.79 Å². The summed E-state index contributed by atoms with van der Waals surface area (Å²) in [5.74, 6) is -0.282. The molecule has 6 nitrogen and oxygen atoms in total. The zero-order chi connectivity index (χ0) is 22.3. The Morgan fingerprint density at radius 2 is 1.84 bits per heavy atom. The smallest absolute Gasteiger partial charge is 0.306 e. The molecule has 0 bridgehead atoms. The van der Waals surface area contributed by atoms with Crippen LogP contribution in [0.3, 0.4) is 0 Å². The van der Waals surface area contributed by atoms with Crippen molar-refractivity contribution in [2.75, 3.05) is 11.9 Å². The number of benzene rings is 2. The number of hydrogen-bond donors (Lipinski definition) is 2. The van der Waals surface area contributed by atoms with E-state index in [1.54, 1.807) is 11.3 Å². The van der Waals surface area contributed by atoms with Gasteiger partial charge in [0.25, 0.3) is 0 Å². The minimum atomic E-state index is -0.887. The quantitative estimate of drug-likeness (QED) is 0.360. The molecule has 0 aliphatic heterocycles. The van der Waals surface area contributed by atoms with Crippen LogP contribution in [0.25, 0.3) is 11.1 Å². The Balaban J connectivity index is 1.29. The van der Waals surface area contributed by atoms with Crippen LogP contribution in [0.1, 0.15) is 42.2 Å². The second kappa shape index (κ2) is 10.5. The highest BCUT2D eigenvalue weighted by molar-refractivity contribution is 7.15. The first-order valence-electron chi connectivity index (χ1n) is 10.9. The second-order valence-corrected chi connectivity index (χ2v) is 8.97. The van der Waals surface area contributed by atoms with Crippen LogP contribution in [0.2, 0.25) is 0 Å². The number of nitrogens with zero attached hydrogens (tertiary/aromatic N) is 2. The molecule has 0 saturated heterocycles. The summed E-state index contributed by atoms with van der Waals surface area (Å²) in [6, 6.07) is 16.6. The molecule has 0 amide bonds. The Bertz CT molecular complexity index is 1040. The number of nitrogens with one attached hydrogen (secondary N) is 1. The summed E-state index contributed by atoms with van der Waals surface area (Å²) < 4.78 is 5.59. The number of carboxylic acid groups (broad SMARTS) is 1. The highest BCUT2D eigenvalue weighted by Gasteiger charge is 2.23. The van der Waals surface area contributed by atoms with Crippen molar-refractivity contribution in [2.24, 2.45) is 0 Å². The van der Waals surface area contributed by atoms with Crippen LogP contribution < -0.4 is 5.32 Å². The Morgan fingerprint density at radius 1 is 1.16 bits per heavy atom. The van der Waals surface area contributed by atoms with Gasteiger partial charge >= 0.3 is 5.97 Å². The Morgan fingerprint density at radius 3 is 2.44 bits per heavy atom. The standard InChI is InChI=1S/C25H27N3O3S/c1-2-22(16-23(29)30)31-15-14-17-6-8-18(9-7-17)19-10-12-21(13-11-19)26-25-28-27-24(32-25)20-4-3-5-20/h2,6-13,20,22H,1,3-5,14-16H2,(H,26,28)(H,29,30). The van der Waals surface area contributed by atoms with Gasteiger partial charge in [-0.25, -0.2) is 0 Å². The number of anilines is 2. The van der Waals surface area contributed by atoms with E-state index in [0.717, 1.165) is 38.9 Å². The average molecular weight is 450 g/mol. The van der Waals surface area contributed by atoms with Crippen LogP contribution in [0.5, 0.6) is 0 Å². The van der Waals surface area contributed by atoms with Gasteiger partial charge in [-0.3, -0.25) is 4.79 Å². The predicted octanol–water partition coefficient (Wildman–Crippen LogP) is 5.80. The second-order valence-electron chi connectivity index (χ2n) is 7.97. The van der Waals surface area contributed by atoms with Crippen molar-refractivity contribution in [1.82, 2.24) is 10.2 Å². The lowest BCUT2D eigenvalue weighted by atomic mass is 9.86. The molecule has 32 heavy (non-hydrogen) atoms. The van der Waals surface area contributed by atoms with Gasteiger partial charge in [0.05, 0.1) is 19.1 Å². The van der Waals surface area contributed by atoms with Crippen LogP contribution in [0.4, 0.5) is 10.8 Å². The lowest BCUT2D eigenvalue weighted by Gasteiger charge is -2.21. The van der Waals surface area contributed by atoms with E-state index in [0.29, 0.717) is 12.5 Å². The molecule has 1 heterocycles. The number of aliphatic carboxylic acids is 1. The molecule has 1 atom stereocenters. The third-order valence-electron chi connectivity index (χ3n) is 5.68. The Hall–Kier alpha value is -3.03. The van der Waals surface area contributed by atoms with E-state index in [2.05, 4.69) is 70.6 Å². The summed E-state index contributed by atoms with van der Waals surface area (Å²) in [5.41, 5.74) is 4.42. The number of carbonyl (C=O) groups is 1. The molecular formula is C25H27N3O3S. The molecule has 1 aliphatic rings. The van der Waals surface area contributed by atoms with E-state index in [4.69, 9.17) is 9.84 Å². The summed E-state index contributed by atoms with van der Waals surface area (Å²) >= 11 is 1.65. The van der Waals surface area contributed by atoms with Gasteiger partial charge in [-0.15, -0.1) is 16.8 Å². The van der Waals surface area contributed by atoms with Crippen molar-refractivity contribution < 1.29 is 14.6 Å². The van der Waals surface area contributed by atoms with Crippen LogP contribution in [-0.4, -0.2) is 34.0 Å². The third-order valence-corrected chi connectivity index (χ3v) is 6.68. The molecular weight excluding hydrogens is 422 g/mol. The Kier molecular flexibility index (Phi) is 7.29. The zero-order valence-electron chi connectivity index (χ0n) is 17.9. The van der Waals surface area contributed by atoms with Gasteiger partial charge in [0, 0.05) is 11.6 Å². The average Bonchev–Trinajstić information content (AvgIpc) is 3.20. The molecule has 1 unspecified atom stereocenters. The minimum Gasteiger partial charge on any atom is -0.481 e. The van der Waals surface area contributed by atoms with Crippen molar-refractivity contribution in [3.8, 4) is 11.1 Å². The SMILES string of the molecule is C=CC(CC(=O)O)OCCc1ccc(-c2ccc(Nc3nnc(C4CCC4)s3)cc2)cc1. The summed E-state index contributed by atoms with van der Waals surface area (Å²) in [6.07, 6.45) is 5.50. The van der Waals surface area contributed by atoms with Gasteiger partial charge in [-0.2, -0.15) is 0 Å². The predicted molar refractivity (Wildman–Crippen MR) is 128 cm³/mol. The lowest BCUT2D eigenvalue weighted by molar-refractivity contribution is -0.139. The zero-order valence-corrected chi connectivity index (χ0v) is 18.7. The first kappa shape index (κ1) is 22.2. The third kappa shape index (κ3) is 5.81. The largest absolute Gasteiger partial charge is 0.481 e. The number of rotatable bonds is 11. The van der Waals surface area contributed by atoms with Crippen molar-refractivity contribution in [2.45, 2.75) is 44.1 Å². The topological polar surface area (TPSA) is 84.3 Å². The first-order chi connectivity index (χ1) is 15.6. The van der Waals surface area contributed by atoms with E-state index >= 15 is 0 Å². The van der Waals surface area contributed by atoms with E-state index < -0.39 is 12.1 Å². The molecule has 166 valence electrons. The molecule has 1 saturated carbocycles. The summed E-state index contributed by atoms with van der Waals surface area (Å²) in [7, 11) is 0. The molecule has 7 heteroatoms. The lowest BCUT2D eigenvalue weighted by Crippen LogP contribution is -2.16. The fraction of sp³-hybridized carbons (Fsp3) is 0.320. The van der Waals surface area contributed by atoms with Crippen molar-refractivity contribution in [1.29, 1.82) is 0 Å². The molecule has 1 aromatic heterocycles. The normalized spacial score (nSPS) is 14.5. The number of carboxylic acids is 1. The van der Waals surface area contributed by atoms with Crippen molar-refractivity contribution in [3.05, 3.63) is 71.8 Å². The first-order valence-corrected chi connectivity index (χ1v) is 11.7. The maximum atomic E-state index is 10.8. The minimum absolute atomic E-state index is 0.0615. The molecule has 1 fully saturated rings. The number of aromatic nitrogens is 2. The fourth-order valence-electron chi connectivity index (χ4n) is 3.55. The maximum Gasteiger partial charge on any atom is 0.306 e. The van der Waals surface area contributed by atoms with Crippen LogP contribution >= 0.6 is 11.3 Å². The molecule has 4 rings (SSSR count). The van der Waals surface area contributed by atoms with E-state index in [1.165, 1.54) is 25.3 Å². The van der Waals surface area contributed by atoms with Gasteiger partial charge in [-0.1, -0.05) is 60.2 Å². The molecule has 2 N–H and O–H groups in total. The molecule has 3 aromatic rings. The van der Waals surface area contributed by atoms with Crippen LogP contribution in [-0.2, 0) is 16.0 Å². The fourth-order valence-corrected chi connectivity index (χ4v) is 4.48. The summed E-state index contributed by atoms with van der Waals surface area (Å²) in [4.78, 5) is 10.8. The summed E-state index contributed by atoms with van der Waals surface area (Å²) in [5, 5.41) is 22.8. The van der Waals surface area contributed by atoms with Crippen LogP contribution in [0.15, 0.2) is 61.2 Å². The molecule has 0 spiro atoms. The van der Waals surface area contributed by atoms with Gasteiger partial charge in [0.2, 0.25) is 5.13 Å². The molecule has 0 radical (unpaired) electrons. The number of hydrogen-bond acceptors (Lipinski definition) is 6. The highest BCUT2D eigenvalue weighted by Crippen LogP contribution is 2.39. The van der Waals surface area contributed by atoms with Crippen molar-refractivity contribution in [3.63, 3.8) is 0 Å². The summed E-state index contributed by atoms with van der Waals surface area (Å²) in [6.45, 7) is 4.09.